The normalized spacial score (nSPS) is 12.4. The molecule has 1 nitrogen and oxygen atoms in total. The molecule has 0 aliphatic rings. The predicted molar refractivity (Wildman–Crippen MR) is 84.9 cm³/mol. The second-order valence-electron chi connectivity index (χ2n) is 4.15. The number of thiophene rings is 1. The standard InChI is InChI=1S/C14H15BrClNS/c1-3-11-5-7-14(18-11)9(2)17-13-8-10(16)4-6-12(13)15/h4-9,17H,3H2,1-2H3. The van der Waals surface area contributed by atoms with Crippen LogP contribution < -0.4 is 5.32 Å². The van der Waals surface area contributed by atoms with Gasteiger partial charge in [-0.1, -0.05) is 18.5 Å². The molecule has 0 spiro atoms. The summed E-state index contributed by atoms with van der Waals surface area (Å²) in [4.78, 5) is 2.77. The van der Waals surface area contributed by atoms with Gasteiger partial charge in [0.25, 0.3) is 0 Å². The van der Waals surface area contributed by atoms with E-state index in [-0.39, 0.29) is 6.04 Å². The third kappa shape index (κ3) is 3.28. The average Bonchev–Trinajstić information content (AvgIpc) is 2.82. The van der Waals surface area contributed by atoms with Crippen molar-refractivity contribution in [2.45, 2.75) is 26.3 Å². The zero-order valence-electron chi connectivity index (χ0n) is 10.3. The highest BCUT2D eigenvalue weighted by Gasteiger charge is 2.10. The monoisotopic (exact) mass is 343 g/mol. The molecule has 0 saturated heterocycles. The van der Waals surface area contributed by atoms with E-state index in [1.807, 2.05) is 29.5 Å². The summed E-state index contributed by atoms with van der Waals surface area (Å²) < 4.78 is 1.03. The summed E-state index contributed by atoms with van der Waals surface area (Å²) in [7, 11) is 0. The first kappa shape index (κ1) is 13.9. The van der Waals surface area contributed by atoms with Crippen LogP contribution in [0.3, 0.4) is 0 Å². The minimum atomic E-state index is 0.282. The molecule has 2 rings (SSSR count). The average molecular weight is 345 g/mol. The number of benzene rings is 1. The topological polar surface area (TPSA) is 12.0 Å². The van der Waals surface area contributed by atoms with Crippen LogP contribution in [-0.2, 0) is 6.42 Å². The fourth-order valence-electron chi connectivity index (χ4n) is 1.73. The molecule has 1 N–H and O–H groups in total. The smallest absolute Gasteiger partial charge is 0.0578 e. The molecule has 1 atom stereocenters. The van der Waals surface area contributed by atoms with E-state index < -0.39 is 0 Å². The number of halogens is 2. The summed E-state index contributed by atoms with van der Waals surface area (Å²) in [5.41, 5.74) is 1.03. The van der Waals surface area contributed by atoms with Crippen LogP contribution in [-0.4, -0.2) is 0 Å². The van der Waals surface area contributed by atoms with Gasteiger partial charge in [0.05, 0.1) is 11.7 Å². The lowest BCUT2D eigenvalue weighted by Gasteiger charge is -2.15. The van der Waals surface area contributed by atoms with Gasteiger partial charge in [0.2, 0.25) is 0 Å². The molecule has 0 fully saturated rings. The van der Waals surface area contributed by atoms with Gasteiger partial charge in [-0.05, 0) is 59.6 Å². The van der Waals surface area contributed by atoms with Gasteiger partial charge in [-0.15, -0.1) is 11.3 Å². The first-order valence-corrected chi connectivity index (χ1v) is 7.89. The Kier molecular flexibility index (Phi) is 4.71. The maximum Gasteiger partial charge on any atom is 0.0578 e. The summed E-state index contributed by atoms with van der Waals surface area (Å²) in [6.07, 6.45) is 1.10. The highest BCUT2D eigenvalue weighted by atomic mass is 79.9. The van der Waals surface area contributed by atoms with E-state index in [0.29, 0.717) is 0 Å². The van der Waals surface area contributed by atoms with Crippen LogP contribution in [0.1, 0.15) is 29.6 Å². The van der Waals surface area contributed by atoms with Crippen molar-refractivity contribution in [3.63, 3.8) is 0 Å². The van der Waals surface area contributed by atoms with Crippen LogP contribution in [0.15, 0.2) is 34.8 Å². The molecule has 2 aromatic rings. The highest BCUT2D eigenvalue weighted by Crippen LogP contribution is 2.31. The Bertz CT molecular complexity index is 538. The molecule has 0 aliphatic carbocycles. The first-order chi connectivity index (χ1) is 8.60. The first-order valence-electron chi connectivity index (χ1n) is 5.90. The van der Waals surface area contributed by atoms with E-state index in [0.717, 1.165) is 21.6 Å². The maximum absolute atomic E-state index is 6.01. The fourth-order valence-corrected chi connectivity index (χ4v) is 3.22. The maximum atomic E-state index is 6.01. The zero-order chi connectivity index (χ0) is 13.1. The molecule has 1 heterocycles. The SMILES string of the molecule is CCc1ccc(C(C)Nc2cc(Cl)ccc2Br)s1. The zero-order valence-corrected chi connectivity index (χ0v) is 13.5. The van der Waals surface area contributed by atoms with Crippen molar-refractivity contribution in [3.05, 3.63) is 49.6 Å². The molecule has 0 bridgehead atoms. The third-order valence-corrected chi connectivity index (χ3v) is 5.10. The van der Waals surface area contributed by atoms with Gasteiger partial charge >= 0.3 is 0 Å². The lowest BCUT2D eigenvalue weighted by atomic mass is 10.2. The van der Waals surface area contributed by atoms with Crippen molar-refractivity contribution in [1.82, 2.24) is 0 Å². The van der Waals surface area contributed by atoms with E-state index in [4.69, 9.17) is 11.6 Å². The Balaban J connectivity index is 2.15. The molecule has 4 heteroatoms. The van der Waals surface area contributed by atoms with Gasteiger partial charge in [0, 0.05) is 19.2 Å². The Morgan fingerprint density at radius 1 is 1.33 bits per heavy atom. The quantitative estimate of drug-likeness (QED) is 0.728. The number of hydrogen-bond acceptors (Lipinski definition) is 2. The summed E-state index contributed by atoms with van der Waals surface area (Å²) in [5, 5.41) is 4.23. The van der Waals surface area contributed by atoms with Crippen molar-refractivity contribution in [2.75, 3.05) is 5.32 Å². The molecule has 96 valence electrons. The van der Waals surface area contributed by atoms with Crippen LogP contribution in [0.25, 0.3) is 0 Å². The summed E-state index contributed by atoms with van der Waals surface area (Å²) in [6.45, 7) is 4.35. The molecule has 0 amide bonds. The Morgan fingerprint density at radius 2 is 2.11 bits per heavy atom. The summed E-state index contributed by atoms with van der Waals surface area (Å²) >= 11 is 11.4. The lowest BCUT2D eigenvalue weighted by Crippen LogP contribution is -2.05. The van der Waals surface area contributed by atoms with Crippen LogP contribution in [0.5, 0.6) is 0 Å². The number of anilines is 1. The van der Waals surface area contributed by atoms with Crippen molar-refractivity contribution >= 4 is 44.6 Å². The minimum absolute atomic E-state index is 0.282. The number of nitrogens with one attached hydrogen (secondary N) is 1. The molecule has 1 aromatic carbocycles. The molecule has 0 saturated carbocycles. The Labute approximate surface area is 125 Å². The minimum Gasteiger partial charge on any atom is -0.377 e. The molecule has 1 aromatic heterocycles. The largest absolute Gasteiger partial charge is 0.377 e. The van der Waals surface area contributed by atoms with Crippen LogP contribution >= 0.6 is 38.9 Å². The van der Waals surface area contributed by atoms with E-state index >= 15 is 0 Å². The van der Waals surface area contributed by atoms with E-state index in [1.54, 1.807) is 0 Å². The third-order valence-electron chi connectivity index (χ3n) is 2.76. The van der Waals surface area contributed by atoms with Gasteiger partial charge in [0.1, 0.15) is 0 Å². The molecular weight excluding hydrogens is 330 g/mol. The fraction of sp³-hybridized carbons (Fsp3) is 0.286. The van der Waals surface area contributed by atoms with Crippen molar-refractivity contribution in [1.29, 1.82) is 0 Å². The highest BCUT2D eigenvalue weighted by molar-refractivity contribution is 9.10. The molecule has 0 radical (unpaired) electrons. The molecule has 0 aliphatic heterocycles. The number of rotatable bonds is 4. The summed E-state index contributed by atoms with van der Waals surface area (Å²) in [5.74, 6) is 0. The van der Waals surface area contributed by atoms with Crippen LogP contribution in [0.4, 0.5) is 5.69 Å². The van der Waals surface area contributed by atoms with Gasteiger partial charge in [-0.3, -0.25) is 0 Å². The Morgan fingerprint density at radius 3 is 2.78 bits per heavy atom. The predicted octanol–water partition coefficient (Wildman–Crippen LogP) is 5.90. The number of aryl methyl sites for hydroxylation is 1. The lowest BCUT2D eigenvalue weighted by molar-refractivity contribution is 0.907. The van der Waals surface area contributed by atoms with Crippen molar-refractivity contribution in [2.24, 2.45) is 0 Å². The second kappa shape index (κ2) is 6.09. The van der Waals surface area contributed by atoms with Gasteiger partial charge in [-0.2, -0.15) is 0 Å². The Hall–Kier alpha value is -0.510. The van der Waals surface area contributed by atoms with E-state index in [9.17, 15) is 0 Å². The molecule has 18 heavy (non-hydrogen) atoms. The van der Waals surface area contributed by atoms with E-state index in [2.05, 4.69) is 47.2 Å². The van der Waals surface area contributed by atoms with Gasteiger partial charge < -0.3 is 5.32 Å². The number of hydrogen-bond donors (Lipinski definition) is 1. The van der Waals surface area contributed by atoms with Gasteiger partial charge in [-0.25, -0.2) is 0 Å². The van der Waals surface area contributed by atoms with Gasteiger partial charge in [0.15, 0.2) is 0 Å². The molecular formula is C14H15BrClNS. The van der Waals surface area contributed by atoms with Crippen LogP contribution in [0, 0.1) is 0 Å². The van der Waals surface area contributed by atoms with E-state index in [1.165, 1.54) is 9.75 Å². The summed E-state index contributed by atoms with van der Waals surface area (Å²) in [6, 6.07) is 10.5. The second-order valence-corrected chi connectivity index (χ2v) is 6.64. The van der Waals surface area contributed by atoms with Crippen molar-refractivity contribution in [3.8, 4) is 0 Å². The van der Waals surface area contributed by atoms with Crippen LogP contribution in [0.2, 0.25) is 5.02 Å². The molecule has 1 unspecified atom stereocenters. The van der Waals surface area contributed by atoms with Crippen molar-refractivity contribution < 1.29 is 0 Å².